The van der Waals surface area contributed by atoms with Crippen molar-refractivity contribution in [1.29, 1.82) is 0 Å². The highest BCUT2D eigenvalue weighted by Crippen LogP contribution is 2.11. The number of hydrogen-bond donors (Lipinski definition) is 1. The third-order valence-electron chi connectivity index (χ3n) is 7.28. The molecule has 0 aromatic carbocycles. The number of hydrogen-bond acceptors (Lipinski definition) is 4. The van der Waals surface area contributed by atoms with Crippen molar-refractivity contribution in [3.05, 3.63) is 72.9 Å². The van der Waals surface area contributed by atoms with Crippen LogP contribution in [0.1, 0.15) is 149 Å². The molecule has 0 aliphatic heterocycles. The van der Waals surface area contributed by atoms with Crippen molar-refractivity contribution in [2.45, 2.75) is 155 Å². The smallest absolute Gasteiger partial charge is 0.306 e. The van der Waals surface area contributed by atoms with Gasteiger partial charge in [0.05, 0.1) is 19.8 Å². The van der Waals surface area contributed by atoms with Crippen molar-refractivity contribution in [3.8, 4) is 0 Å². The van der Waals surface area contributed by atoms with Crippen LogP contribution < -0.4 is 0 Å². The monoisotopic (exact) mass is 613 g/mol. The molecule has 0 fully saturated rings. The van der Waals surface area contributed by atoms with Crippen LogP contribution >= 0.6 is 0 Å². The van der Waals surface area contributed by atoms with Gasteiger partial charge in [-0.3, -0.25) is 4.79 Å². The maximum atomic E-state index is 12.1. The molecular weight excluding hydrogens is 544 g/mol. The molecular formula is C40H68O4. The number of allylic oxidation sites excluding steroid dienone is 11. The lowest BCUT2D eigenvalue weighted by Crippen LogP contribution is -2.27. The van der Waals surface area contributed by atoms with Crippen LogP contribution in [0.25, 0.3) is 0 Å². The Morgan fingerprint density at radius 2 is 1.02 bits per heavy atom. The first-order valence-electron chi connectivity index (χ1n) is 18.0. The Balaban J connectivity index is 3.61. The second kappa shape index (κ2) is 37.0. The molecule has 252 valence electrons. The molecule has 0 heterocycles. The van der Waals surface area contributed by atoms with E-state index in [0.29, 0.717) is 13.0 Å². The summed E-state index contributed by atoms with van der Waals surface area (Å²) in [5.74, 6) is -0.237. The van der Waals surface area contributed by atoms with E-state index in [9.17, 15) is 9.90 Å². The maximum Gasteiger partial charge on any atom is 0.306 e. The van der Waals surface area contributed by atoms with E-state index < -0.39 is 6.10 Å². The second-order valence-electron chi connectivity index (χ2n) is 11.6. The number of esters is 1. The molecule has 0 aromatic rings. The molecule has 44 heavy (non-hydrogen) atoms. The Hall–Kier alpha value is -2.17. The first kappa shape index (κ1) is 41.8. The number of unbranched alkanes of at least 4 members (excludes halogenated alkanes) is 12. The van der Waals surface area contributed by atoms with Crippen LogP contribution in [0.4, 0.5) is 0 Å². The summed E-state index contributed by atoms with van der Waals surface area (Å²) in [5, 5.41) is 9.54. The molecule has 4 nitrogen and oxygen atoms in total. The molecule has 0 radical (unpaired) electrons. The minimum absolute atomic E-state index is 0.208. The molecule has 0 rings (SSSR count). The Labute approximate surface area is 272 Å². The summed E-state index contributed by atoms with van der Waals surface area (Å²) in [7, 11) is 0. The van der Waals surface area contributed by atoms with Gasteiger partial charge >= 0.3 is 5.97 Å². The standard InChI is InChI=1S/C40H68O4/c1-3-5-7-9-11-13-15-17-19-21-23-25-27-29-31-33-35-40(42)44-39(37-41)38-43-36-34-32-30-28-26-24-22-20-18-16-14-12-10-8-6-4-2/h6,8,12,14,18-21,24,26,30,32,39,41H,3-5,7,9-11,13,15-17,22-23,25,27-29,31,33-38H2,1-2H3/b8-6-,14-12-,20-18-,21-19-,26-24-,32-30-. The lowest BCUT2D eigenvalue weighted by molar-refractivity contribution is -0.154. The molecule has 0 aromatic heterocycles. The lowest BCUT2D eigenvalue weighted by atomic mass is 10.1. The summed E-state index contributed by atoms with van der Waals surface area (Å²) in [6.07, 6.45) is 49.6. The van der Waals surface area contributed by atoms with Gasteiger partial charge in [-0.05, 0) is 70.6 Å². The van der Waals surface area contributed by atoms with Gasteiger partial charge in [-0.2, -0.15) is 0 Å². The molecule has 1 N–H and O–H groups in total. The zero-order valence-corrected chi connectivity index (χ0v) is 28.6. The number of aliphatic hydroxyl groups excluding tert-OH is 1. The molecule has 0 spiro atoms. The van der Waals surface area contributed by atoms with Crippen molar-refractivity contribution in [3.63, 3.8) is 0 Å². The van der Waals surface area contributed by atoms with Gasteiger partial charge in [0.25, 0.3) is 0 Å². The van der Waals surface area contributed by atoms with Crippen molar-refractivity contribution in [2.24, 2.45) is 0 Å². The van der Waals surface area contributed by atoms with Gasteiger partial charge in [-0.1, -0.05) is 145 Å². The number of aliphatic hydroxyl groups is 1. The largest absolute Gasteiger partial charge is 0.457 e. The first-order valence-corrected chi connectivity index (χ1v) is 18.0. The van der Waals surface area contributed by atoms with Gasteiger partial charge in [-0.15, -0.1) is 0 Å². The summed E-state index contributed by atoms with van der Waals surface area (Å²) in [4.78, 5) is 12.1. The average molecular weight is 613 g/mol. The van der Waals surface area contributed by atoms with Gasteiger partial charge < -0.3 is 14.6 Å². The molecule has 1 unspecified atom stereocenters. The van der Waals surface area contributed by atoms with E-state index in [1.54, 1.807) is 0 Å². The van der Waals surface area contributed by atoms with Crippen LogP contribution in [0.15, 0.2) is 72.9 Å². The molecule has 0 aliphatic carbocycles. The van der Waals surface area contributed by atoms with Gasteiger partial charge in [0.15, 0.2) is 0 Å². The SMILES string of the molecule is CC/C=C\C/C=C\C/C=C\C/C=C\C/C=C\CCOCC(CO)OC(=O)CCCCCCC/C=C\CCCCCCCCC. The highest BCUT2D eigenvalue weighted by Gasteiger charge is 2.13. The average Bonchev–Trinajstić information content (AvgIpc) is 3.03. The highest BCUT2D eigenvalue weighted by molar-refractivity contribution is 5.69. The molecule has 1 atom stereocenters. The summed E-state index contributed by atoms with van der Waals surface area (Å²) < 4.78 is 11.0. The summed E-state index contributed by atoms with van der Waals surface area (Å²) in [6, 6.07) is 0. The number of carbonyl (C=O) groups excluding carboxylic acids is 1. The Morgan fingerprint density at radius 1 is 0.568 bits per heavy atom. The van der Waals surface area contributed by atoms with E-state index in [-0.39, 0.29) is 19.2 Å². The van der Waals surface area contributed by atoms with E-state index in [1.165, 1.54) is 64.2 Å². The zero-order valence-electron chi connectivity index (χ0n) is 28.6. The minimum atomic E-state index is -0.580. The minimum Gasteiger partial charge on any atom is -0.457 e. The quantitative estimate of drug-likeness (QED) is 0.0466. The van der Waals surface area contributed by atoms with Crippen LogP contribution in [0.2, 0.25) is 0 Å². The Kier molecular flexibility index (Phi) is 35.2. The number of carbonyl (C=O) groups is 1. The van der Waals surface area contributed by atoms with Crippen molar-refractivity contribution in [1.82, 2.24) is 0 Å². The zero-order chi connectivity index (χ0) is 32.0. The number of ether oxygens (including phenoxy) is 2. The molecule has 0 aliphatic rings. The molecule has 0 amide bonds. The molecule has 0 bridgehead atoms. The van der Waals surface area contributed by atoms with Crippen molar-refractivity contribution >= 4 is 5.97 Å². The summed E-state index contributed by atoms with van der Waals surface area (Å²) in [6.45, 7) is 5.00. The fraction of sp³-hybridized carbons (Fsp3) is 0.675. The maximum absolute atomic E-state index is 12.1. The normalized spacial score (nSPS) is 13.2. The van der Waals surface area contributed by atoms with Crippen LogP contribution in [0.3, 0.4) is 0 Å². The second-order valence-corrected chi connectivity index (χ2v) is 11.6. The van der Waals surface area contributed by atoms with Gasteiger partial charge in [-0.25, -0.2) is 0 Å². The third-order valence-corrected chi connectivity index (χ3v) is 7.28. The predicted molar refractivity (Wildman–Crippen MR) is 191 cm³/mol. The first-order chi connectivity index (χ1) is 21.7. The van der Waals surface area contributed by atoms with E-state index in [2.05, 4.69) is 86.8 Å². The van der Waals surface area contributed by atoms with Gasteiger partial charge in [0.1, 0.15) is 6.10 Å². The van der Waals surface area contributed by atoms with Crippen molar-refractivity contribution < 1.29 is 19.4 Å². The summed E-state index contributed by atoms with van der Waals surface area (Å²) in [5.41, 5.74) is 0. The highest BCUT2D eigenvalue weighted by atomic mass is 16.6. The predicted octanol–water partition coefficient (Wildman–Crippen LogP) is 11.5. The van der Waals surface area contributed by atoms with E-state index >= 15 is 0 Å². The van der Waals surface area contributed by atoms with Crippen molar-refractivity contribution in [2.75, 3.05) is 19.8 Å². The van der Waals surface area contributed by atoms with Gasteiger partial charge in [0.2, 0.25) is 0 Å². The van der Waals surface area contributed by atoms with Crippen LogP contribution in [0.5, 0.6) is 0 Å². The lowest BCUT2D eigenvalue weighted by Gasteiger charge is -2.15. The molecule has 0 saturated carbocycles. The van der Waals surface area contributed by atoms with Gasteiger partial charge in [0, 0.05) is 6.42 Å². The van der Waals surface area contributed by atoms with E-state index in [1.807, 2.05) is 0 Å². The molecule has 4 heteroatoms. The Morgan fingerprint density at radius 3 is 1.55 bits per heavy atom. The Bertz CT molecular complexity index is 774. The summed E-state index contributed by atoms with van der Waals surface area (Å²) >= 11 is 0. The number of rotatable bonds is 32. The fourth-order valence-electron chi connectivity index (χ4n) is 4.62. The molecule has 0 saturated heterocycles. The van der Waals surface area contributed by atoms with E-state index in [4.69, 9.17) is 9.47 Å². The van der Waals surface area contributed by atoms with Crippen LogP contribution in [-0.4, -0.2) is 37.0 Å². The van der Waals surface area contributed by atoms with Crippen LogP contribution in [0, 0.1) is 0 Å². The van der Waals surface area contributed by atoms with E-state index in [0.717, 1.165) is 64.2 Å². The topological polar surface area (TPSA) is 55.8 Å². The van der Waals surface area contributed by atoms with Crippen LogP contribution in [-0.2, 0) is 14.3 Å². The third kappa shape index (κ3) is 34.3. The fourth-order valence-corrected chi connectivity index (χ4v) is 4.62.